The van der Waals surface area contributed by atoms with Crippen molar-refractivity contribution in [1.29, 1.82) is 0 Å². The highest BCUT2D eigenvalue weighted by Gasteiger charge is 2.43. The minimum atomic E-state index is -3.63. The largest absolute Gasteiger partial charge is 0.586 e. The van der Waals surface area contributed by atoms with E-state index in [1.54, 1.807) is 18.2 Å². The van der Waals surface area contributed by atoms with Gasteiger partial charge in [-0.2, -0.15) is 0 Å². The van der Waals surface area contributed by atoms with Crippen LogP contribution in [0.3, 0.4) is 0 Å². The number of aromatic nitrogens is 1. The highest BCUT2D eigenvalue weighted by Crippen LogP contribution is 2.41. The van der Waals surface area contributed by atoms with Crippen LogP contribution in [0, 0.1) is 0 Å². The van der Waals surface area contributed by atoms with Gasteiger partial charge in [-0.3, -0.25) is 0 Å². The molecular weight excluding hydrogens is 339 g/mol. The van der Waals surface area contributed by atoms with Crippen LogP contribution in [-0.4, -0.2) is 11.3 Å². The molecule has 2 aromatic rings. The topological polar surface area (TPSA) is 44.5 Å². The lowest BCUT2D eigenvalue weighted by molar-refractivity contribution is -0.286. The van der Waals surface area contributed by atoms with Gasteiger partial charge in [-0.1, -0.05) is 12.1 Å². The van der Waals surface area contributed by atoms with Crippen molar-refractivity contribution in [1.82, 2.24) is 4.98 Å². The Labute approximate surface area is 134 Å². The molecule has 0 saturated heterocycles. The molecule has 116 valence electrons. The lowest BCUT2D eigenvalue weighted by Crippen LogP contribution is -2.25. The first-order valence-corrected chi connectivity index (χ1v) is 7.26. The molecule has 8 heteroatoms. The van der Waals surface area contributed by atoms with Gasteiger partial charge in [0.1, 0.15) is 5.69 Å². The summed E-state index contributed by atoms with van der Waals surface area (Å²) in [6.07, 6.45) is -0.332. The predicted octanol–water partition coefficient (Wildman–Crippen LogP) is 4.64. The smallest absolute Gasteiger partial charge is 0.440 e. The van der Waals surface area contributed by atoms with Crippen molar-refractivity contribution in [2.45, 2.75) is 18.1 Å². The van der Waals surface area contributed by atoms with Crippen molar-refractivity contribution < 1.29 is 22.7 Å². The fourth-order valence-electron chi connectivity index (χ4n) is 1.94. The van der Waals surface area contributed by atoms with Crippen molar-refractivity contribution in [3.8, 4) is 11.5 Å². The third-order valence-electron chi connectivity index (χ3n) is 2.87. The summed E-state index contributed by atoms with van der Waals surface area (Å²) in [5.41, 5.74) is 1.19. The maximum atomic E-state index is 12.9. The van der Waals surface area contributed by atoms with Crippen LogP contribution in [0.15, 0.2) is 22.6 Å². The molecular formula is C14H9Cl2F2NO3. The minimum Gasteiger partial charge on any atom is -0.440 e. The molecule has 3 rings (SSSR count). The lowest BCUT2D eigenvalue weighted by Gasteiger charge is -2.04. The molecule has 0 atom stereocenters. The van der Waals surface area contributed by atoms with Gasteiger partial charge in [0.2, 0.25) is 5.89 Å². The summed E-state index contributed by atoms with van der Waals surface area (Å²) < 4.78 is 40.0. The van der Waals surface area contributed by atoms with E-state index in [0.717, 1.165) is 0 Å². The summed E-state index contributed by atoms with van der Waals surface area (Å²) in [7, 11) is 0. The predicted molar refractivity (Wildman–Crippen MR) is 77.2 cm³/mol. The maximum absolute atomic E-state index is 12.9. The van der Waals surface area contributed by atoms with Crippen LogP contribution in [0.4, 0.5) is 8.78 Å². The fourth-order valence-corrected chi connectivity index (χ4v) is 2.24. The highest BCUT2D eigenvalue weighted by molar-refractivity contribution is 6.17. The van der Waals surface area contributed by atoms with Crippen LogP contribution in [0.1, 0.15) is 22.9 Å². The molecule has 1 aromatic carbocycles. The van der Waals surface area contributed by atoms with E-state index >= 15 is 0 Å². The first-order chi connectivity index (χ1) is 10.5. The van der Waals surface area contributed by atoms with E-state index in [9.17, 15) is 8.78 Å². The summed E-state index contributed by atoms with van der Waals surface area (Å²) in [4.78, 5) is 4.11. The van der Waals surface area contributed by atoms with Crippen LogP contribution in [-0.2, 0) is 11.8 Å². The van der Waals surface area contributed by atoms with Gasteiger partial charge in [0, 0.05) is 0 Å². The Balaban J connectivity index is 1.84. The molecule has 0 fully saturated rings. The van der Waals surface area contributed by atoms with Crippen LogP contribution in [0.25, 0.3) is 12.2 Å². The van der Waals surface area contributed by atoms with Crippen molar-refractivity contribution in [3.05, 3.63) is 41.1 Å². The maximum Gasteiger partial charge on any atom is 0.586 e. The number of ether oxygens (including phenoxy) is 2. The van der Waals surface area contributed by atoms with Crippen LogP contribution in [0.5, 0.6) is 11.5 Å². The number of alkyl halides is 4. The second-order valence-corrected chi connectivity index (χ2v) is 4.93. The normalized spacial score (nSPS) is 15.6. The molecule has 1 aliphatic rings. The average Bonchev–Trinajstić information content (AvgIpc) is 3.02. The molecule has 0 radical (unpaired) electrons. The van der Waals surface area contributed by atoms with Crippen LogP contribution >= 0.6 is 23.2 Å². The standard InChI is InChI=1S/C14H9Cl2F2NO3/c15-6-9-10(20-13(7-16)19-9)3-1-8-2-4-11-12(5-8)22-14(17,18)21-11/h1-5H,6-7H2. The van der Waals surface area contributed by atoms with E-state index in [1.807, 2.05) is 0 Å². The van der Waals surface area contributed by atoms with E-state index < -0.39 is 6.29 Å². The minimum absolute atomic E-state index is 0.00677. The molecule has 1 aliphatic heterocycles. The number of rotatable bonds is 4. The Kier molecular flexibility index (Phi) is 3.97. The van der Waals surface area contributed by atoms with Gasteiger partial charge in [-0.05, 0) is 23.8 Å². The third-order valence-corrected chi connectivity index (χ3v) is 3.35. The number of hydrogen-bond donors (Lipinski definition) is 0. The average molecular weight is 348 g/mol. The van der Waals surface area contributed by atoms with Gasteiger partial charge in [-0.25, -0.2) is 4.98 Å². The lowest BCUT2D eigenvalue weighted by atomic mass is 10.2. The summed E-state index contributed by atoms with van der Waals surface area (Å²) >= 11 is 11.4. The van der Waals surface area contributed by atoms with Crippen molar-refractivity contribution in [3.63, 3.8) is 0 Å². The zero-order valence-corrected chi connectivity index (χ0v) is 12.5. The number of benzene rings is 1. The number of oxazole rings is 1. The molecule has 0 saturated carbocycles. The molecule has 0 unspecified atom stereocenters. The monoisotopic (exact) mass is 347 g/mol. The molecule has 0 amide bonds. The highest BCUT2D eigenvalue weighted by atomic mass is 35.5. The van der Waals surface area contributed by atoms with Crippen molar-refractivity contribution in [2.75, 3.05) is 0 Å². The van der Waals surface area contributed by atoms with Gasteiger partial charge in [0.25, 0.3) is 0 Å². The SMILES string of the molecule is FC1(F)Oc2ccc(C=Cc3oc(CCl)nc3CCl)cc2O1. The zero-order valence-electron chi connectivity index (χ0n) is 11.0. The number of halogens is 4. The molecule has 0 N–H and O–H groups in total. The Bertz CT molecular complexity index is 731. The van der Waals surface area contributed by atoms with E-state index in [0.29, 0.717) is 22.9 Å². The van der Waals surface area contributed by atoms with E-state index in [4.69, 9.17) is 27.6 Å². The first kappa shape index (κ1) is 15.1. The Hall–Kier alpha value is -1.79. The van der Waals surface area contributed by atoms with Gasteiger partial charge >= 0.3 is 6.29 Å². The Morgan fingerprint density at radius 1 is 1.09 bits per heavy atom. The number of hydrogen-bond acceptors (Lipinski definition) is 4. The quantitative estimate of drug-likeness (QED) is 0.755. The fraction of sp³-hybridized carbons (Fsp3) is 0.214. The van der Waals surface area contributed by atoms with Gasteiger partial charge in [0.15, 0.2) is 17.3 Å². The summed E-state index contributed by atoms with van der Waals surface area (Å²) in [6, 6.07) is 4.45. The number of nitrogens with zero attached hydrogens (tertiary/aromatic N) is 1. The van der Waals surface area contributed by atoms with E-state index in [2.05, 4.69) is 14.5 Å². The summed E-state index contributed by atoms with van der Waals surface area (Å²) in [5, 5.41) is 0. The molecule has 22 heavy (non-hydrogen) atoms. The molecule has 0 aliphatic carbocycles. The number of fused-ring (bicyclic) bond motifs is 1. The Morgan fingerprint density at radius 3 is 2.59 bits per heavy atom. The van der Waals surface area contributed by atoms with Gasteiger partial charge in [0.05, 0.1) is 11.8 Å². The Morgan fingerprint density at radius 2 is 1.86 bits per heavy atom. The molecule has 1 aromatic heterocycles. The van der Waals surface area contributed by atoms with Crippen molar-refractivity contribution >= 4 is 35.4 Å². The van der Waals surface area contributed by atoms with Crippen LogP contribution in [0.2, 0.25) is 0 Å². The molecule has 2 heterocycles. The van der Waals surface area contributed by atoms with Gasteiger partial charge in [-0.15, -0.1) is 32.0 Å². The first-order valence-electron chi connectivity index (χ1n) is 6.19. The molecule has 0 spiro atoms. The van der Waals surface area contributed by atoms with Crippen molar-refractivity contribution in [2.24, 2.45) is 0 Å². The van der Waals surface area contributed by atoms with Gasteiger partial charge < -0.3 is 13.9 Å². The second kappa shape index (κ2) is 5.78. The molecule has 0 bridgehead atoms. The van der Waals surface area contributed by atoms with E-state index in [1.165, 1.54) is 12.1 Å². The van der Waals surface area contributed by atoms with Crippen LogP contribution < -0.4 is 9.47 Å². The summed E-state index contributed by atoms with van der Waals surface area (Å²) in [6.45, 7) is 0. The second-order valence-electron chi connectivity index (χ2n) is 4.39. The molecule has 4 nitrogen and oxygen atoms in total. The van der Waals surface area contributed by atoms with E-state index in [-0.39, 0.29) is 23.3 Å². The zero-order chi connectivity index (χ0) is 15.7. The third kappa shape index (κ3) is 3.03. The summed E-state index contributed by atoms with van der Waals surface area (Å²) in [5.74, 6) is 1.11.